The largest absolute Gasteiger partial charge is 0.481 e. The van der Waals surface area contributed by atoms with Gasteiger partial charge in [-0.15, -0.1) is 0 Å². The molecule has 24 heavy (non-hydrogen) atoms. The van der Waals surface area contributed by atoms with Gasteiger partial charge in [-0.3, -0.25) is 9.59 Å². The molecule has 1 heterocycles. The third-order valence-electron chi connectivity index (χ3n) is 4.05. The van der Waals surface area contributed by atoms with Crippen molar-refractivity contribution < 1.29 is 19.5 Å². The molecule has 1 fully saturated rings. The Labute approximate surface area is 141 Å². The minimum Gasteiger partial charge on any atom is -0.481 e. The van der Waals surface area contributed by atoms with E-state index >= 15 is 0 Å². The normalized spacial score (nSPS) is 15.8. The highest BCUT2D eigenvalue weighted by atomic mass is 16.4. The molecule has 2 rings (SSSR count). The predicted octanol–water partition coefficient (Wildman–Crippen LogP) is 2.39. The molecule has 0 aromatic heterocycles. The molecular formula is C17H23N3O4. The van der Waals surface area contributed by atoms with Crippen LogP contribution in [-0.2, 0) is 9.59 Å². The minimum atomic E-state index is -0.944. The maximum atomic E-state index is 12.2. The lowest BCUT2D eigenvalue weighted by molar-refractivity contribution is -0.141. The molecule has 1 atom stereocenters. The maximum Gasteiger partial charge on any atom is 0.321 e. The van der Waals surface area contributed by atoms with Gasteiger partial charge in [-0.1, -0.05) is 13.0 Å². The summed E-state index contributed by atoms with van der Waals surface area (Å²) in [5, 5.41) is 11.6. The number of carboxylic acid groups (broad SMARTS) is 1. The van der Waals surface area contributed by atoms with Crippen molar-refractivity contribution in [1.29, 1.82) is 0 Å². The van der Waals surface area contributed by atoms with Gasteiger partial charge in [-0.2, -0.15) is 0 Å². The Hall–Kier alpha value is -2.57. The van der Waals surface area contributed by atoms with Crippen molar-refractivity contribution in [3.63, 3.8) is 0 Å². The number of benzene rings is 1. The van der Waals surface area contributed by atoms with Crippen molar-refractivity contribution in [3.05, 3.63) is 24.3 Å². The second-order valence-electron chi connectivity index (χ2n) is 6.10. The molecule has 7 nitrogen and oxygen atoms in total. The van der Waals surface area contributed by atoms with Crippen molar-refractivity contribution in [1.82, 2.24) is 4.90 Å². The van der Waals surface area contributed by atoms with Gasteiger partial charge in [0.25, 0.3) is 0 Å². The quantitative estimate of drug-likeness (QED) is 0.866. The number of rotatable bonds is 5. The molecule has 1 aromatic carbocycles. The average molecular weight is 333 g/mol. The fraction of sp³-hybridized carbons (Fsp3) is 0.471. The number of amides is 3. The first-order valence-electron chi connectivity index (χ1n) is 8.04. The molecule has 0 bridgehead atoms. The van der Waals surface area contributed by atoms with E-state index in [-0.39, 0.29) is 18.5 Å². The second kappa shape index (κ2) is 7.81. The van der Waals surface area contributed by atoms with Crippen LogP contribution in [0.2, 0.25) is 0 Å². The Kier molecular flexibility index (Phi) is 5.78. The molecule has 130 valence electrons. The number of urea groups is 1. The van der Waals surface area contributed by atoms with Gasteiger partial charge in [0.05, 0.1) is 5.92 Å². The minimum absolute atomic E-state index is 0.0946. The molecule has 0 spiro atoms. The van der Waals surface area contributed by atoms with Gasteiger partial charge in [-0.05, 0) is 31.0 Å². The van der Waals surface area contributed by atoms with Crippen LogP contribution in [0.4, 0.5) is 16.2 Å². The zero-order valence-electron chi connectivity index (χ0n) is 14.0. The number of aliphatic carboxylic acids is 1. The summed E-state index contributed by atoms with van der Waals surface area (Å²) in [6.07, 6.45) is 2.43. The number of hydrogen-bond acceptors (Lipinski definition) is 3. The van der Waals surface area contributed by atoms with Gasteiger partial charge in [-0.25, -0.2) is 4.79 Å². The van der Waals surface area contributed by atoms with E-state index in [4.69, 9.17) is 5.11 Å². The van der Waals surface area contributed by atoms with Crippen molar-refractivity contribution in [2.24, 2.45) is 5.92 Å². The SMILES string of the molecule is CC(CN(C)C(=O)Nc1cccc(N2CCCCC2=O)c1)C(=O)O. The molecule has 7 heteroatoms. The van der Waals surface area contributed by atoms with Crippen molar-refractivity contribution >= 4 is 29.3 Å². The van der Waals surface area contributed by atoms with E-state index in [1.54, 1.807) is 37.1 Å². The number of carboxylic acids is 1. The van der Waals surface area contributed by atoms with Gasteiger partial charge in [0.15, 0.2) is 0 Å². The number of piperidine rings is 1. The van der Waals surface area contributed by atoms with Crippen LogP contribution in [0, 0.1) is 5.92 Å². The Morgan fingerprint density at radius 2 is 2.12 bits per heavy atom. The van der Waals surface area contributed by atoms with Crippen LogP contribution < -0.4 is 10.2 Å². The standard InChI is InChI=1S/C17H23N3O4/c1-12(16(22)23)11-19(2)17(24)18-13-6-5-7-14(10-13)20-9-4-3-8-15(20)21/h5-7,10,12H,3-4,8-9,11H2,1-2H3,(H,18,24)(H,22,23). The highest BCUT2D eigenvalue weighted by molar-refractivity contribution is 5.95. The Morgan fingerprint density at radius 3 is 2.79 bits per heavy atom. The smallest absolute Gasteiger partial charge is 0.321 e. The van der Waals surface area contributed by atoms with E-state index in [2.05, 4.69) is 5.32 Å². The summed E-state index contributed by atoms with van der Waals surface area (Å²) in [7, 11) is 1.55. The highest BCUT2D eigenvalue weighted by Gasteiger charge is 2.20. The van der Waals surface area contributed by atoms with E-state index in [0.29, 0.717) is 18.7 Å². The molecular weight excluding hydrogens is 310 g/mol. The molecule has 3 amide bonds. The van der Waals surface area contributed by atoms with Crippen LogP contribution in [0.1, 0.15) is 26.2 Å². The molecule has 0 saturated carbocycles. The lowest BCUT2D eigenvalue weighted by atomic mass is 10.1. The summed E-state index contributed by atoms with van der Waals surface area (Å²) in [4.78, 5) is 38.1. The van der Waals surface area contributed by atoms with Crippen LogP contribution in [0.15, 0.2) is 24.3 Å². The van der Waals surface area contributed by atoms with Gasteiger partial charge in [0.1, 0.15) is 0 Å². The van der Waals surface area contributed by atoms with Gasteiger partial charge >= 0.3 is 12.0 Å². The fourth-order valence-corrected chi connectivity index (χ4v) is 2.62. The third-order valence-corrected chi connectivity index (χ3v) is 4.05. The number of carbonyl (C=O) groups excluding carboxylic acids is 2. The summed E-state index contributed by atoms with van der Waals surface area (Å²) < 4.78 is 0. The molecule has 1 aliphatic rings. The molecule has 0 aliphatic carbocycles. The van der Waals surface area contributed by atoms with E-state index in [9.17, 15) is 14.4 Å². The number of carbonyl (C=O) groups is 3. The summed E-state index contributed by atoms with van der Waals surface area (Å²) >= 11 is 0. The highest BCUT2D eigenvalue weighted by Crippen LogP contribution is 2.24. The molecule has 1 aliphatic heterocycles. The summed E-state index contributed by atoms with van der Waals surface area (Å²) in [6.45, 7) is 2.35. The summed E-state index contributed by atoms with van der Waals surface area (Å²) in [5.41, 5.74) is 1.34. The van der Waals surface area contributed by atoms with Crippen molar-refractivity contribution in [2.75, 3.05) is 30.4 Å². The molecule has 2 N–H and O–H groups in total. The van der Waals surface area contributed by atoms with Gasteiger partial charge in [0, 0.05) is 37.9 Å². The number of anilines is 2. The van der Waals surface area contributed by atoms with Crippen LogP contribution in [0.5, 0.6) is 0 Å². The van der Waals surface area contributed by atoms with Crippen LogP contribution in [0.25, 0.3) is 0 Å². The third kappa shape index (κ3) is 4.47. The fourth-order valence-electron chi connectivity index (χ4n) is 2.62. The van der Waals surface area contributed by atoms with E-state index < -0.39 is 11.9 Å². The zero-order chi connectivity index (χ0) is 17.7. The van der Waals surface area contributed by atoms with E-state index in [1.165, 1.54) is 4.90 Å². The first kappa shape index (κ1) is 17.8. The predicted molar refractivity (Wildman–Crippen MR) is 91.1 cm³/mol. The van der Waals surface area contributed by atoms with Crippen molar-refractivity contribution in [3.8, 4) is 0 Å². The Morgan fingerprint density at radius 1 is 1.38 bits per heavy atom. The Balaban J connectivity index is 2.02. The monoisotopic (exact) mass is 333 g/mol. The van der Waals surface area contributed by atoms with Crippen LogP contribution >= 0.6 is 0 Å². The lowest BCUT2D eigenvalue weighted by Crippen LogP contribution is -2.37. The molecule has 1 aromatic rings. The second-order valence-corrected chi connectivity index (χ2v) is 6.10. The summed E-state index contributed by atoms with van der Waals surface area (Å²) in [5.74, 6) is -1.49. The number of hydrogen-bond donors (Lipinski definition) is 2. The molecule has 0 radical (unpaired) electrons. The first-order valence-corrected chi connectivity index (χ1v) is 8.04. The van der Waals surface area contributed by atoms with E-state index in [0.717, 1.165) is 18.5 Å². The summed E-state index contributed by atoms with van der Waals surface area (Å²) in [6, 6.07) is 6.74. The van der Waals surface area contributed by atoms with Crippen LogP contribution in [-0.4, -0.2) is 48.1 Å². The molecule has 1 saturated heterocycles. The zero-order valence-corrected chi connectivity index (χ0v) is 14.0. The molecule has 1 unspecified atom stereocenters. The maximum absolute atomic E-state index is 12.2. The average Bonchev–Trinajstić information content (AvgIpc) is 2.55. The van der Waals surface area contributed by atoms with E-state index in [1.807, 2.05) is 6.07 Å². The van der Waals surface area contributed by atoms with Gasteiger partial charge in [0.2, 0.25) is 5.91 Å². The number of nitrogens with zero attached hydrogens (tertiary/aromatic N) is 2. The Bertz CT molecular complexity index is 632. The van der Waals surface area contributed by atoms with Crippen molar-refractivity contribution in [2.45, 2.75) is 26.2 Å². The lowest BCUT2D eigenvalue weighted by Gasteiger charge is -2.27. The topological polar surface area (TPSA) is 90.0 Å². The first-order chi connectivity index (χ1) is 11.4. The number of nitrogens with one attached hydrogen (secondary N) is 1. The van der Waals surface area contributed by atoms with Gasteiger partial charge < -0.3 is 20.2 Å². The van der Waals surface area contributed by atoms with Crippen LogP contribution in [0.3, 0.4) is 0 Å².